The van der Waals surface area contributed by atoms with Crippen LogP contribution in [0.25, 0.3) is 22.0 Å². The van der Waals surface area contributed by atoms with Crippen molar-refractivity contribution in [2.24, 2.45) is 21.6 Å². The summed E-state index contributed by atoms with van der Waals surface area (Å²) in [6.45, 7) is 13.6. The number of carbonyl (C=O) groups is 1. The Hall–Kier alpha value is -4.80. The average Bonchev–Trinajstić information content (AvgIpc) is 3.62. The summed E-state index contributed by atoms with van der Waals surface area (Å²) in [5.41, 5.74) is 11.0. The van der Waals surface area contributed by atoms with E-state index in [-0.39, 0.29) is 17.9 Å². The number of hydrogen-bond donors (Lipinski definition) is 3. The molecule has 10 nitrogen and oxygen atoms in total. The first kappa shape index (κ1) is 34.1. The minimum atomic E-state index is -0.124. The molecule has 1 aromatic heterocycles. The fourth-order valence-corrected chi connectivity index (χ4v) is 6.73. The molecule has 2 aromatic carbocycles. The number of anilines is 1. The fourth-order valence-electron chi connectivity index (χ4n) is 6.73. The molecule has 10 heteroatoms. The molecule has 0 atom stereocenters. The Morgan fingerprint density at radius 3 is 2.65 bits per heavy atom. The third-order valence-corrected chi connectivity index (χ3v) is 9.55. The van der Waals surface area contributed by atoms with E-state index in [1.165, 1.54) is 12.8 Å². The van der Waals surface area contributed by atoms with Gasteiger partial charge in [0, 0.05) is 61.6 Å². The number of pyridine rings is 1. The van der Waals surface area contributed by atoms with E-state index in [1.807, 2.05) is 66.7 Å². The van der Waals surface area contributed by atoms with Crippen molar-refractivity contribution in [3.8, 4) is 11.3 Å². The number of aliphatic imine (C=N–C) groups is 2. The van der Waals surface area contributed by atoms with Crippen LogP contribution in [0.4, 0.5) is 5.69 Å². The van der Waals surface area contributed by atoms with Gasteiger partial charge in [0.2, 0.25) is 17.8 Å². The summed E-state index contributed by atoms with van der Waals surface area (Å²) in [6, 6.07) is 16.4. The van der Waals surface area contributed by atoms with Gasteiger partial charge in [-0.1, -0.05) is 62.9 Å². The summed E-state index contributed by atoms with van der Waals surface area (Å²) >= 11 is 0. The Morgan fingerprint density at radius 1 is 1.12 bits per heavy atom. The number of nitrogens with two attached hydrogens (primary N) is 1. The van der Waals surface area contributed by atoms with Crippen molar-refractivity contribution >= 4 is 34.3 Å². The van der Waals surface area contributed by atoms with Gasteiger partial charge in [0.15, 0.2) is 0 Å². The molecule has 1 amide bonds. The quantitative estimate of drug-likeness (QED) is 0.252. The molecule has 0 aliphatic carbocycles. The van der Waals surface area contributed by atoms with Crippen LogP contribution >= 0.6 is 0 Å². The SMILES string of the molecule is C=C/C(=C1/NC(N2CCC(N)CC2)=NC(=NCc2ccccc2-c2nccc3cc(NC(=O)/C=C/CN4CCCC4)ccc23)N1C)C(C)C. The lowest BCUT2D eigenvalue weighted by Gasteiger charge is -2.38. The van der Waals surface area contributed by atoms with Gasteiger partial charge < -0.3 is 21.3 Å². The second-order valence-corrected chi connectivity index (χ2v) is 13.4. The van der Waals surface area contributed by atoms with Gasteiger partial charge in [0.25, 0.3) is 0 Å². The number of allylic oxidation sites excluding steroid dienone is 2. The number of amides is 1. The van der Waals surface area contributed by atoms with Gasteiger partial charge in [-0.2, -0.15) is 4.99 Å². The lowest BCUT2D eigenvalue weighted by molar-refractivity contribution is -0.111. The molecule has 0 spiro atoms. The molecule has 3 aliphatic heterocycles. The highest BCUT2D eigenvalue weighted by molar-refractivity contribution is 6.03. The second-order valence-electron chi connectivity index (χ2n) is 13.4. The average molecular weight is 660 g/mol. The first-order valence-electron chi connectivity index (χ1n) is 17.5. The van der Waals surface area contributed by atoms with Crippen molar-refractivity contribution in [3.63, 3.8) is 0 Å². The molecule has 49 heavy (non-hydrogen) atoms. The molecule has 0 saturated carbocycles. The highest BCUT2D eigenvalue weighted by Gasteiger charge is 2.28. The number of nitrogens with zero attached hydrogens (tertiary/aromatic N) is 6. The van der Waals surface area contributed by atoms with Gasteiger partial charge in [0.1, 0.15) is 5.82 Å². The van der Waals surface area contributed by atoms with Crippen LogP contribution in [0.15, 0.2) is 101 Å². The number of likely N-dealkylation sites (tertiary alicyclic amines) is 2. The maximum atomic E-state index is 12.6. The molecule has 2 fully saturated rings. The third-order valence-electron chi connectivity index (χ3n) is 9.55. The predicted octanol–water partition coefficient (Wildman–Crippen LogP) is 5.72. The number of nitrogens with one attached hydrogen (secondary N) is 2. The van der Waals surface area contributed by atoms with Crippen LogP contribution in [0.3, 0.4) is 0 Å². The molecule has 2 saturated heterocycles. The number of guanidine groups is 2. The summed E-state index contributed by atoms with van der Waals surface area (Å²) in [5, 5.41) is 8.61. The Kier molecular flexibility index (Phi) is 10.9. The number of benzene rings is 2. The summed E-state index contributed by atoms with van der Waals surface area (Å²) in [7, 11) is 2.00. The standard InChI is InChI=1S/C39H49N9O/c1-5-32(27(2)3)37-44-39(48-23-17-30(40)18-24-48)45-38(46(37)4)42-26-29-11-6-7-12-33(29)36-34-15-14-31(25-28(34)16-19-41-36)43-35(49)13-10-22-47-20-8-9-21-47/h5-7,10-16,19,25,27,30H,1,8-9,17-18,20-24,26,40H2,2-4H3,(H,43,49)(H,42,44,45)/b13-10+,37-32+. The van der Waals surface area contributed by atoms with Crippen molar-refractivity contribution in [3.05, 3.63) is 96.5 Å². The third kappa shape index (κ3) is 8.09. The van der Waals surface area contributed by atoms with E-state index in [0.29, 0.717) is 12.5 Å². The van der Waals surface area contributed by atoms with E-state index in [4.69, 9.17) is 20.7 Å². The zero-order valence-electron chi connectivity index (χ0n) is 29.0. The molecule has 0 radical (unpaired) electrons. The Morgan fingerprint density at radius 2 is 1.90 bits per heavy atom. The van der Waals surface area contributed by atoms with Gasteiger partial charge in [-0.25, -0.2) is 4.99 Å². The highest BCUT2D eigenvalue weighted by Crippen LogP contribution is 2.31. The summed E-state index contributed by atoms with van der Waals surface area (Å²) in [6.07, 6.45) is 11.6. The first-order valence-corrected chi connectivity index (χ1v) is 17.5. The topological polar surface area (TPSA) is 114 Å². The van der Waals surface area contributed by atoms with Crippen molar-refractivity contribution in [2.75, 3.05) is 45.1 Å². The van der Waals surface area contributed by atoms with Crippen molar-refractivity contribution in [2.45, 2.75) is 52.1 Å². The minimum Gasteiger partial charge on any atom is -0.342 e. The predicted molar refractivity (Wildman–Crippen MR) is 201 cm³/mol. The maximum absolute atomic E-state index is 12.6. The lowest BCUT2D eigenvalue weighted by atomic mass is 9.99. The summed E-state index contributed by atoms with van der Waals surface area (Å²) in [4.78, 5) is 34.2. The van der Waals surface area contributed by atoms with Crippen LogP contribution in [-0.2, 0) is 11.3 Å². The normalized spacial score (nSPS) is 19.5. The molecule has 0 unspecified atom stereocenters. The number of rotatable bonds is 9. The van der Waals surface area contributed by atoms with E-state index >= 15 is 0 Å². The molecule has 3 aliphatic rings. The van der Waals surface area contributed by atoms with Gasteiger partial charge >= 0.3 is 0 Å². The van der Waals surface area contributed by atoms with Crippen molar-refractivity contribution < 1.29 is 4.79 Å². The summed E-state index contributed by atoms with van der Waals surface area (Å²) in [5.74, 6) is 2.52. The number of carbonyl (C=O) groups excluding carboxylic acids is 1. The van der Waals surface area contributed by atoms with Gasteiger partial charge in [-0.05, 0) is 79.4 Å². The monoisotopic (exact) mass is 659 g/mol. The molecular formula is C39H49N9O. The molecular weight excluding hydrogens is 610 g/mol. The van der Waals surface area contributed by atoms with E-state index in [1.54, 1.807) is 6.08 Å². The van der Waals surface area contributed by atoms with Gasteiger partial charge in [-0.15, -0.1) is 0 Å². The molecule has 256 valence electrons. The van der Waals surface area contributed by atoms with Crippen molar-refractivity contribution in [1.29, 1.82) is 0 Å². The van der Waals surface area contributed by atoms with E-state index in [2.05, 4.69) is 53.0 Å². The number of fused-ring (bicyclic) bond motifs is 1. The molecule has 4 N–H and O–H groups in total. The van der Waals surface area contributed by atoms with Crippen LogP contribution in [0.1, 0.15) is 45.1 Å². The van der Waals surface area contributed by atoms with E-state index in [0.717, 1.165) is 96.2 Å². The molecule has 4 heterocycles. The second kappa shape index (κ2) is 15.6. The van der Waals surface area contributed by atoms with Crippen LogP contribution in [0.2, 0.25) is 0 Å². The Bertz CT molecular complexity index is 1790. The smallest absolute Gasteiger partial charge is 0.248 e. The molecule has 6 rings (SSSR count). The highest BCUT2D eigenvalue weighted by atomic mass is 16.1. The van der Waals surface area contributed by atoms with Gasteiger partial charge in [-0.3, -0.25) is 19.6 Å². The zero-order chi connectivity index (χ0) is 34.3. The number of aromatic nitrogens is 1. The van der Waals surface area contributed by atoms with Crippen LogP contribution < -0.4 is 16.4 Å². The Balaban J connectivity index is 1.26. The number of hydrogen-bond acceptors (Lipinski definition) is 7. The molecule has 0 bridgehead atoms. The van der Waals surface area contributed by atoms with E-state index < -0.39 is 0 Å². The van der Waals surface area contributed by atoms with Crippen molar-refractivity contribution in [1.82, 2.24) is 25.0 Å². The fraction of sp³-hybridized carbons (Fsp3) is 0.385. The lowest BCUT2D eigenvalue weighted by Crippen LogP contribution is -2.53. The maximum Gasteiger partial charge on any atom is 0.248 e. The van der Waals surface area contributed by atoms with Crippen LogP contribution in [0.5, 0.6) is 0 Å². The first-order chi connectivity index (χ1) is 23.8. The minimum absolute atomic E-state index is 0.124. The molecule has 3 aromatic rings. The van der Waals surface area contributed by atoms with Gasteiger partial charge in [0.05, 0.1) is 12.2 Å². The number of piperidine rings is 1. The van der Waals surface area contributed by atoms with Crippen LogP contribution in [-0.4, -0.2) is 83.3 Å². The largest absolute Gasteiger partial charge is 0.342 e. The zero-order valence-corrected chi connectivity index (χ0v) is 29.0. The summed E-state index contributed by atoms with van der Waals surface area (Å²) < 4.78 is 0. The van der Waals surface area contributed by atoms with Crippen LogP contribution in [0, 0.1) is 5.92 Å². The van der Waals surface area contributed by atoms with E-state index in [9.17, 15) is 4.79 Å². The Labute approximate surface area is 290 Å².